The molecule has 1 N–H and O–H groups in total. The number of rotatable bonds is 8. The Balaban J connectivity index is 1.42. The third-order valence-corrected chi connectivity index (χ3v) is 5.54. The first kappa shape index (κ1) is 18.9. The van der Waals surface area contributed by atoms with Crippen LogP contribution in [0.15, 0.2) is 29.6 Å². The van der Waals surface area contributed by atoms with E-state index in [0.717, 1.165) is 35.0 Å². The summed E-state index contributed by atoms with van der Waals surface area (Å²) in [5, 5.41) is 6.11. The Morgan fingerprint density at radius 3 is 2.88 bits per heavy atom. The molecule has 0 aliphatic carbocycles. The number of nitrogens with one attached hydrogen (secondary N) is 1. The molecule has 5 nitrogen and oxygen atoms in total. The molecule has 140 valence electrons. The molecule has 1 aromatic heterocycles. The minimum Gasteiger partial charge on any atom is -0.496 e. The smallest absolute Gasteiger partial charge is 0.226 e. The number of nitrogens with zero attached hydrogens (tertiary/aromatic N) is 2. The second kappa shape index (κ2) is 9.69. The van der Waals surface area contributed by atoms with Gasteiger partial charge in [0.15, 0.2) is 0 Å². The van der Waals surface area contributed by atoms with Crippen LogP contribution >= 0.6 is 11.3 Å². The van der Waals surface area contributed by atoms with Crippen LogP contribution in [0.4, 0.5) is 0 Å². The lowest BCUT2D eigenvalue weighted by Crippen LogP contribution is -2.29. The van der Waals surface area contributed by atoms with Gasteiger partial charge in [0.25, 0.3) is 0 Å². The highest BCUT2D eigenvalue weighted by Gasteiger charge is 2.13. The first-order valence-corrected chi connectivity index (χ1v) is 10.2. The number of carbonyl (C=O) groups excluding carboxylic acids is 1. The molecule has 0 unspecified atom stereocenters. The second-order valence-corrected chi connectivity index (χ2v) is 7.60. The quantitative estimate of drug-likeness (QED) is 0.773. The van der Waals surface area contributed by atoms with E-state index in [2.05, 4.69) is 15.2 Å². The number of benzene rings is 1. The van der Waals surface area contributed by atoms with E-state index in [1.807, 2.05) is 29.6 Å². The molecule has 1 amide bonds. The molecule has 2 aromatic rings. The molecule has 1 aliphatic heterocycles. The first-order valence-electron chi connectivity index (χ1n) is 9.29. The highest BCUT2D eigenvalue weighted by molar-refractivity contribution is 7.09. The topological polar surface area (TPSA) is 54.5 Å². The van der Waals surface area contributed by atoms with E-state index >= 15 is 0 Å². The number of hydrogen-bond acceptors (Lipinski definition) is 5. The lowest BCUT2D eigenvalue weighted by atomic mass is 10.1. The number of methoxy groups -OCH3 is 1. The van der Waals surface area contributed by atoms with Crippen LogP contribution in [0, 0.1) is 0 Å². The molecule has 1 aliphatic rings. The van der Waals surface area contributed by atoms with Crippen LogP contribution in [0.5, 0.6) is 5.75 Å². The van der Waals surface area contributed by atoms with Crippen LogP contribution in [0.3, 0.4) is 0 Å². The van der Waals surface area contributed by atoms with Crippen LogP contribution in [-0.4, -0.2) is 42.5 Å². The predicted octanol–water partition coefficient (Wildman–Crippen LogP) is 3.04. The molecule has 26 heavy (non-hydrogen) atoms. The monoisotopic (exact) mass is 373 g/mol. The van der Waals surface area contributed by atoms with Crippen molar-refractivity contribution in [3.05, 3.63) is 45.9 Å². The van der Waals surface area contributed by atoms with Gasteiger partial charge in [-0.3, -0.25) is 9.69 Å². The molecule has 0 saturated carbocycles. The molecule has 1 fully saturated rings. The minimum absolute atomic E-state index is 0.0229. The summed E-state index contributed by atoms with van der Waals surface area (Å²) in [6, 6.07) is 7.90. The van der Waals surface area contributed by atoms with Gasteiger partial charge >= 0.3 is 0 Å². The zero-order chi connectivity index (χ0) is 18.2. The van der Waals surface area contributed by atoms with Gasteiger partial charge in [-0.05, 0) is 44.0 Å². The standard InChI is InChI=1S/C20H27N3O2S/c1-25-18-8-4-3-7-16(18)9-10-21-19(24)13-17-15-26-20(22-17)14-23-11-5-2-6-12-23/h3-4,7-8,15H,2,5-6,9-14H2,1H3,(H,21,24). The fraction of sp³-hybridized carbons (Fsp3) is 0.500. The number of para-hydroxylation sites is 1. The van der Waals surface area contributed by atoms with E-state index in [9.17, 15) is 4.79 Å². The first-order chi connectivity index (χ1) is 12.7. The van der Waals surface area contributed by atoms with Gasteiger partial charge in [0.2, 0.25) is 5.91 Å². The van der Waals surface area contributed by atoms with E-state index in [1.54, 1.807) is 18.4 Å². The molecule has 1 aromatic carbocycles. The Morgan fingerprint density at radius 2 is 2.08 bits per heavy atom. The molecule has 2 heterocycles. The van der Waals surface area contributed by atoms with E-state index in [1.165, 1.54) is 32.4 Å². The maximum absolute atomic E-state index is 12.2. The highest BCUT2D eigenvalue weighted by Crippen LogP contribution is 2.18. The van der Waals surface area contributed by atoms with Gasteiger partial charge in [-0.25, -0.2) is 4.98 Å². The van der Waals surface area contributed by atoms with E-state index in [-0.39, 0.29) is 5.91 Å². The van der Waals surface area contributed by atoms with Crippen LogP contribution in [0.25, 0.3) is 0 Å². The van der Waals surface area contributed by atoms with Gasteiger partial charge in [-0.15, -0.1) is 11.3 Å². The maximum Gasteiger partial charge on any atom is 0.226 e. The number of hydrogen-bond donors (Lipinski definition) is 1. The van der Waals surface area contributed by atoms with Crippen molar-refractivity contribution >= 4 is 17.2 Å². The Morgan fingerprint density at radius 1 is 1.27 bits per heavy atom. The van der Waals surface area contributed by atoms with Gasteiger partial charge < -0.3 is 10.1 Å². The highest BCUT2D eigenvalue weighted by atomic mass is 32.1. The lowest BCUT2D eigenvalue weighted by molar-refractivity contribution is -0.120. The van der Waals surface area contributed by atoms with E-state index in [0.29, 0.717) is 13.0 Å². The Kier molecular flexibility index (Phi) is 7.03. The number of carbonyl (C=O) groups is 1. The van der Waals surface area contributed by atoms with Crippen molar-refractivity contribution in [2.24, 2.45) is 0 Å². The van der Waals surface area contributed by atoms with Gasteiger partial charge in [-0.1, -0.05) is 24.6 Å². The number of ether oxygens (including phenoxy) is 1. The predicted molar refractivity (Wildman–Crippen MR) is 105 cm³/mol. The number of aromatic nitrogens is 1. The zero-order valence-electron chi connectivity index (χ0n) is 15.4. The van der Waals surface area contributed by atoms with Gasteiger partial charge in [0.1, 0.15) is 10.8 Å². The minimum atomic E-state index is 0.0229. The van der Waals surface area contributed by atoms with Gasteiger partial charge in [-0.2, -0.15) is 0 Å². The summed E-state index contributed by atoms with van der Waals surface area (Å²) in [4.78, 5) is 19.3. The summed E-state index contributed by atoms with van der Waals surface area (Å²) in [6.07, 6.45) is 5.02. The van der Waals surface area contributed by atoms with Crippen molar-refractivity contribution in [1.29, 1.82) is 0 Å². The van der Waals surface area contributed by atoms with Crippen molar-refractivity contribution < 1.29 is 9.53 Å². The summed E-state index contributed by atoms with van der Waals surface area (Å²) in [6.45, 7) is 3.85. The van der Waals surface area contributed by atoms with Crippen LogP contribution in [0.2, 0.25) is 0 Å². The number of amides is 1. The van der Waals surface area contributed by atoms with Crippen molar-refractivity contribution in [1.82, 2.24) is 15.2 Å². The summed E-state index contributed by atoms with van der Waals surface area (Å²) in [5.74, 6) is 0.887. The molecule has 0 spiro atoms. The SMILES string of the molecule is COc1ccccc1CCNC(=O)Cc1csc(CN2CCCCC2)n1. The third-order valence-electron chi connectivity index (χ3n) is 4.66. The fourth-order valence-electron chi connectivity index (χ4n) is 3.28. The number of thiazole rings is 1. The normalized spacial score (nSPS) is 15.0. The number of piperidine rings is 1. The summed E-state index contributed by atoms with van der Waals surface area (Å²) in [5.41, 5.74) is 1.98. The Labute approximate surface area is 159 Å². The van der Waals surface area contributed by atoms with Gasteiger partial charge in [0.05, 0.1) is 25.8 Å². The average Bonchev–Trinajstić information content (AvgIpc) is 3.09. The second-order valence-electron chi connectivity index (χ2n) is 6.66. The zero-order valence-corrected chi connectivity index (χ0v) is 16.2. The molecule has 3 rings (SSSR count). The van der Waals surface area contributed by atoms with E-state index in [4.69, 9.17) is 4.74 Å². The summed E-state index contributed by atoms with van der Waals surface area (Å²) in [7, 11) is 1.67. The molecule has 0 bridgehead atoms. The van der Waals surface area contributed by atoms with Crippen LogP contribution in [-0.2, 0) is 24.2 Å². The Hall–Kier alpha value is -1.92. The van der Waals surface area contributed by atoms with Crippen molar-refractivity contribution in [3.63, 3.8) is 0 Å². The largest absolute Gasteiger partial charge is 0.496 e. The van der Waals surface area contributed by atoms with Crippen molar-refractivity contribution in [2.45, 2.75) is 38.6 Å². The summed E-state index contributed by atoms with van der Waals surface area (Å²) >= 11 is 1.66. The van der Waals surface area contributed by atoms with E-state index < -0.39 is 0 Å². The Bertz CT molecular complexity index is 711. The van der Waals surface area contributed by atoms with Crippen molar-refractivity contribution in [3.8, 4) is 5.75 Å². The molecular formula is C20H27N3O2S. The molecular weight excluding hydrogens is 346 g/mol. The van der Waals surface area contributed by atoms with Crippen LogP contribution in [0.1, 0.15) is 35.5 Å². The summed E-state index contributed by atoms with van der Waals surface area (Å²) < 4.78 is 5.34. The fourth-order valence-corrected chi connectivity index (χ4v) is 4.12. The molecule has 1 saturated heterocycles. The maximum atomic E-state index is 12.2. The molecule has 0 radical (unpaired) electrons. The number of likely N-dealkylation sites (tertiary alicyclic amines) is 1. The lowest BCUT2D eigenvalue weighted by Gasteiger charge is -2.25. The molecule has 6 heteroatoms. The molecule has 0 atom stereocenters. The average molecular weight is 374 g/mol. The van der Waals surface area contributed by atoms with Crippen molar-refractivity contribution in [2.75, 3.05) is 26.7 Å². The third kappa shape index (κ3) is 5.54. The van der Waals surface area contributed by atoms with Gasteiger partial charge in [0, 0.05) is 11.9 Å². The van der Waals surface area contributed by atoms with Crippen LogP contribution < -0.4 is 10.1 Å².